The highest BCUT2D eigenvalue weighted by molar-refractivity contribution is 7.12. The van der Waals surface area contributed by atoms with E-state index in [1.807, 2.05) is 11.3 Å². The summed E-state index contributed by atoms with van der Waals surface area (Å²) >= 11 is 1.94. The van der Waals surface area contributed by atoms with E-state index in [0.29, 0.717) is 5.92 Å². The lowest BCUT2D eigenvalue weighted by Gasteiger charge is -2.24. The van der Waals surface area contributed by atoms with Crippen LogP contribution in [-0.2, 0) is 6.42 Å². The third-order valence-corrected chi connectivity index (χ3v) is 5.26. The molecule has 1 heterocycles. The van der Waals surface area contributed by atoms with E-state index in [1.165, 1.54) is 34.6 Å². The summed E-state index contributed by atoms with van der Waals surface area (Å²) in [6.07, 6.45) is 4.73. The lowest BCUT2D eigenvalue weighted by Crippen LogP contribution is -2.14. The summed E-state index contributed by atoms with van der Waals surface area (Å²) in [7, 11) is 0. The van der Waals surface area contributed by atoms with Crippen LogP contribution in [0.3, 0.4) is 0 Å². The summed E-state index contributed by atoms with van der Waals surface area (Å²) in [4.78, 5) is 2.95. The highest BCUT2D eigenvalue weighted by Gasteiger charge is 2.39. The van der Waals surface area contributed by atoms with Crippen LogP contribution in [0.15, 0.2) is 6.07 Å². The molecule has 0 radical (unpaired) electrons. The molecule has 3 rings (SSSR count). The van der Waals surface area contributed by atoms with Crippen LogP contribution in [0.2, 0.25) is 0 Å². The summed E-state index contributed by atoms with van der Waals surface area (Å²) in [5.74, 6) is 1.34. The van der Waals surface area contributed by atoms with Crippen molar-refractivity contribution < 1.29 is 5.11 Å². The summed E-state index contributed by atoms with van der Waals surface area (Å²) in [5, 5.41) is 10.2. The van der Waals surface area contributed by atoms with E-state index in [0.717, 1.165) is 12.3 Å². The average molecular weight is 208 g/mol. The number of rotatable bonds is 1. The first-order valence-electron chi connectivity index (χ1n) is 5.60. The molecule has 1 aromatic heterocycles. The van der Waals surface area contributed by atoms with Crippen LogP contribution in [0.25, 0.3) is 0 Å². The summed E-state index contributed by atoms with van der Waals surface area (Å²) in [6, 6.07) is 2.25. The predicted molar refractivity (Wildman–Crippen MR) is 58.7 cm³/mol. The van der Waals surface area contributed by atoms with Gasteiger partial charge in [0.2, 0.25) is 0 Å². The van der Waals surface area contributed by atoms with Crippen molar-refractivity contribution in [2.45, 2.75) is 44.6 Å². The molecule has 1 nitrogen and oxygen atoms in total. The van der Waals surface area contributed by atoms with Gasteiger partial charge in [0.25, 0.3) is 0 Å². The first-order valence-corrected chi connectivity index (χ1v) is 6.41. The molecule has 0 saturated heterocycles. The molecule has 0 spiro atoms. The van der Waals surface area contributed by atoms with Crippen LogP contribution in [0.5, 0.6) is 0 Å². The first-order chi connectivity index (χ1) is 6.79. The number of aliphatic hydroxyl groups is 1. The molecule has 1 fully saturated rings. The molecule has 1 aromatic rings. The van der Waals surface area contributed by atoms with Gasteiger partial charge in [0.15, 0.2) is 0 Å². The van der Waals surface area contributed by atoms with Gasteiger partial charge in [-0.2, -0.15) is 0 Å². The number of thiophene rings is 1. The van der Waals surface area contributed by atoms with Crippen LogP contribution >= 0.6 is 11.3 Å². The van der Waals surface area contributed by atoms with Crippen molar-refractivity contribution >= 4 is 11.3 Å². The molecule has 0 aliphatic heterocycles. The van der Waals surface area contributed by atoms with Crippen LogP contribution in [0.1, 0.15) is 53.5 Å². The highest BCUT2D eigenvalue weighted by atomic mass is 32.1. The Balaban J connectivity index is 2.09. The number of fused-ring (bicyclic) bond motifs is 4. The average Bonchev–Trinajstić information content (AvgIpc) is 2.80. The zero-order valence-corrected chi connectivity index (χ0v) is 9.31. The standard InChI is InChI=1S/C12H16OS/c1-2-9-6-10-11(13)7-3-4-8(5-7)12(10)14-9/h6-8,11,13H,2-5H2,1H3. The van der Waals surface area contributed by atoms with Crippen LogP contribution in [-0.4, -0.2) is 5.11 Å². The maximum atomic E-state index is 10.2. The van der Waals surface area contributed by atoms with Crippen molar-refractivity contribution in [3.8, 4) is 0 Å². The maximum Gasteiger partial charge on any atom is 0.0829 e. The van der Waals surface area contributed by atoms with Gasteiger partial charge in [0.05, 0.1) is 6.10 Å². The van der Waals surface area contributed by atoms with Gasteiger partial charge in [-0.25, -0.2) is 0 Å². The second kappa shape index (κ2) is 3.07. The topological polar surface area (TPSA) is 20.2 Å². The second-order valence-electron chi connectivity index (χ2n) is 4.60. The molecule has 0 amide bonds. The third-order valence-electron chi connectivity index (χ3n) is 3.80. The summed E-state index contributed by atoms with van der Waals surface area (Å²) in [6.45, 7) is 2.20. The van der Waals surface area contributed by atoms with E-state index >= 15 is 0 Å². The van der Waals surface area contributed by atoms with Gasteiger partial charge < -0.3 is 5.11 Å². The van der Waals surface area contributed by atoms with Gasteiger partial charge in [-0.1, -0.05) is 6.92 Å². The Hall–Kier alpha value is -0.340. The van der Waals surface area contributed by atoms with Crippen molar-refractivity contribution in [1.82, 2.24) is 0 Å². The van der Waals surface area contributed by atoms with Crippen molar-refractivity contribution in [3.63, 3.8) is 0 Å². The zero-order valence-electron chi connectivity index (χ0n) is 8.49. The lowest BCUT2D eigenvalue weighted by molar-refractivity contribution is 0.105. The lowest BCUT2D eigenvalue weighted by atomic mass is 9.86. The van der Waals surface area contributed by atoms with Crippen molar-refractivity contribution in [2.24, 2.45) is 5.92 Å². The molecule has 2 aliphatic carbocycles. The minimum Gasteiger partial charge on any atom is -0.388 e. The Morgan fingerprint density at radius 2 is 2.36 bits per heavy atom. The minimum atomic E-state index is -0.153. The molecule has 76 valence electrons. The molecule has 1 saturated carbocycles. The normalized spacial score (nSPS) is 34.6. The van der Waals surface area contributed by atoms with E-state index in [9.17, 15) is 5.11 Å². The van der Waals surface area contributed by atoms with Crippen LogP contribution < -0.4 is 0 Å². The summed E-state index contributed by atoms with van der Waals surface area (Å²) in [5.41, 5.74) is 1.27. The maximum absolute atomic E-state index is 10.2. The zero-order chi connectivity index (χ0) is 9.71. The van der Waals surface area contributed by atoms with E-state index < -0.39 is 0 Å². The molecule has 0 aromatic carbocycles. The van der Waals surface area contributed by atoms with Gasteiger partial charge in [-0.05, 0) is 49.1 Å². The number of hydrogen-bond acceptors (Lipinski definition) is 2. The van der Waals surface area contributed by atoms with E-state index in [2.05, 4.69) is 13.0 Å². The van der Waals surface area contributed by atoms with Gasteiger partial charge in [0, 0.05) is 9.75 Å². The smallest absolute Gasteiger partial charge is 0.0829 e. The third kappa shape index (κ3) is 1.10. The largest absolute Gasteiger partial charge is 0.388 e. The Kier molecular flexibility index (Phi) is 1.96. The predicted octanol–water partition coefficient (Wildman–Crippen LogP) is 3.24. The minimum absolute atomic E-state index is 0.153. The fourth-order valence-corrected chi connectivity index (χ4v) is 4.28. The molecule has 2 heteroatoms. The fourth-order valence-electron chi connectivity index (χ4n) is 2.99. The molecule has 2 aliphatic rings. The fraction of sp³-hybridized carbons (Fsp3) is 0.667. The molecule has 14 heavy (non-hydrogen) atoms. The second-order valence-corrected chi connectivity index (χ2v) is 5.77. The quantitative estimate of drug-likeness (QED) is 0.751. The van der Waals surface area contributed by atoms with Crippen LogP contribution in [0.4, 0.5) is 0 Å². The van der Waals surface area contributed by atoms with Crippen molar-refractivity contribution in [1.29, 1.82) is 0 Å². The van der Waals surface area contributed by atoms with Gasteiger partial charge in [-0.15, -0.1) is 11.3 Å². The molecule has 2 bridgehead atoms. The van der Waals surface area contributed by atoms with E-state index in [-0.39, 0.29) is 6.10 Å². The van der Waals surface area contributed by atoms with Crippen molar-refractivity contribution in [3.05, 3.63) is 21.4 Å². The van der Waals surface area contributed by atoms with E-state index in [4.69, 9.17) is 0 Å². The first kappa shape index (κ1) is 8.93. The monoisotopic (exact) mass is 208 g/mol. The van der Waals surface area contributed by atoms with Crippen LogP contribution in [0, 0.1) is 5.92 Å². The highest BCUT2D eigenvalue weighted by Crippen LogP contribution is 2.53. The number of aliphatic hydroxyl groups excluding tert-OH is 1. The molecular formula is C12H16OS. The Bertz CT molecular complexity index is 342. The Labute approximate surface area is 88.8 Å². The molecule has 1 N–H and O–H groups in total. The Morgan fingerprint density at radius 1 is 1.50 bits per heavy atom. The van der Waals surface area contributed by atoms with Gasteiger partial charge in [0.1, 0.15) is 0 Å². The number of aryl methyl sites for hydroxylation is 1. The Morgan fingerprint density at radius 3 is 3.14 bits per heavy atom. The molecule has 3 unspecified atom stereocenters. The molecular weight excluding hydrogens is 192 g/mol. The van der Waals surface area contributed by atoms with Gasteiger partial charge in [-0.3, -0.25) is 0 Å². The SMILES string of the molecule is CCc1cc2c(s1)C1CCC(C1)C2O. The molecule has 3 atom stereocenters. The van der Waals surface area contributed by atoms with Crippen molar-refractivity contribution in [2.75, 3.05) is 0 Å². The van der Waals surface area contributed by atoms with Gasteiger partial charge >= 0.3 is 0 Å². The van der Waals surface area contributed by atoms with E-state index in [1.54, 1.807) is 0 Å². The number of hydrogen-bond donors (Lipinski definition) is 1. The summed E-state index contributed by atoms with van der Waals surface area (Å²) < 4.78 is 0.